The number of carbonyl (C=O) groups is 1. The predicted molar refractivity (Wildman–Crippen MR) is 131 cm³/mol. The van der Waals surface area contributed by atoms with Crippen molar-refractivity contribution < 1.29 is 32.2 Å². The lowest BCUT2D eigenvalue weighted by atomic mass is 10.1. The van der Waals surface area contributed by atoms with Gasteiger partial charge in [0.2, 0.25) is 5.88 Å². The number of carboxylic acid groups (broad SMARTS) is 1. The van der Waals surface area contributed by atoms with Crippen molar-refractivity contribution in [1.82, 2.24) is 14.2 Å². The molecule has 0 aliphatic carbocycles. The fraction of sp³-hybridized carbons (Fsp3) is 0.304. The molecule has 3 rings (SSSR count). The van der Waals surface area contributed by atoms with Crippen LogP contribution in [-0.2, 0) is 11.0 Å². The molecular formula is C23H21ClF4N4O5S. The second kappa shape index (κ2) is 11.9. The number of rotatable bonds is 10. The van der Waals surface area contributed by atoms with Gasteiger partial charge in [0.15, 0.2) is 11.8 Å². The van der Waals surface area contributed by atoms with Crippen molar-refractivity contribution in [3.05, 3.63) is 73.9 Å². The van der Waals surface area contributed by atoms with E-state index < -0.39 is 46.7 Å². The highest BCUT2D eigenvalue weighted by Gasteiger charge is 2.36. The summed E-state index contributed by atoms with van der Waals surface area (Å²) in [6.07, 6.45) is -2.41. The maximum Gasteiger partial charge on any atom is 0.433 e. The van der Waals surface area contributed by atoms with E-state index in [-0.39, 0.29) is 42.4 Å². The van der Waals surface area contributed by atoms with Crippen molar-refractivity contribution in [2.45, 2.75) is 54.7 Å². The summed E-state index contributed by atoms with van der Waals surface area (Å²) in [6, 6.07) is 4.86. The van der Waals surface area contributed by atoms with Crippen LogP contribution < -0.4 is 21.8 Å². The third-order valence-electron chi connectivity index (χ3n) is 5.23. The fourth-order valence-corrected chi connectivity index (χ4v) is 4.54. The highest BCUT2D eigenvalue weighted by molar-refractivity contribution is 7.99. The molecule has 0 aliphatic heterocycles. The van der Waals surface area contributed by atoms with Gasteiger partial charge in [-0.3, -0.25) is 4.79 Å². The number of nitrogens with two attached hydrogens (primary N) is 1. The molecule has 3 N–H and O–H groups in total. The Kier molecular flexibility index (Phi) is 9.09. The number of aliphatic carboxylic acids is 1. The van der Waals surface area contributed by atoms with Gasteiger partial charge >= 0.3 is 17.8 Å². The molecule has 0 spiro atoms. The van der Waals surface area contributed by atoms with Gasteiger partial charge < -0.3 is 15.7 Å². The summed E-state index contributed by atoms with van der Waals surface area (Å²) in [5.74, 6) is 2.83. The first-order valence-electron chi connectivity index (χ1n) is 11.1. The number of benzene rings is 1. The van der Waals surface area contributed by atoms with Crippen molar-refractivity contribution in [2.24, 2.45) is 0 Å². The van der Waals surface area contributed by atoms with Gasteiger partial charge in [0.25, 0.3) is 5.56 Å². The summed E-state index contributed by atoms with van der Waals surface area (Å²) < 4.78 is 59.6. The molecule has 2 heterocycles. The second-order valence-electron chi connectivity index (χ2n) is 7.94. The molecule has 3 aromatic rings. The molecule has 0 saturated carbocycles. The van der Waals surface area contributed by atoms with E-state index in [9.17, 15) is 37.1 Å². The van der Waals surface area contributed by atoms with Crippen LogP contribution in [0.5, 0.6) is 5.88 Å². The van der Waals surface area contributed by atoms with Crippen molar-refractivity contribution >= 4 is 29.3 Å². The Balaban J connectivity index is 2.03. The molecule has 1 aromatic carbocycles. The number of carboxylic acids is 1. The zero-order valence-corrected chi connectivity index (χ0v) is 21.2. The zero-order valence-electron chi connectivity index (χ0n) is 19.7. The van der Waals surface area contributed by atoms with Crippen LogP contribution >= 0.6 is 23.4 Å². The van der Waals surface area contributed by atoms with Gasteiger partial charge in [-0.1, -0.05) is 43.1 Å². The van der Waals surface area contributed by atoms with Crippen LogP contribution in [0.15, 0.2) is 55.9 Å². The van der Waals surface area contributed by atoms with Crippen LogP contribution in [0.1, 0.15) is 38.3 Å². The number of pyridine rings is 1. The highest BCUT2D eigenvalue weighted by atomic mass is 35.5. The Morgan fingerprint density at radius 1 is 1.24 bits per heavy atom. The molecule has 0 amide bonds. The van der Waals surface area contributed by atoms with Crippen molar-refractivity contribution in [1.29, 1.82) is 0 Å². The van der Waals surface area contributed by atoms with Gasteiger partial charge in [0.1, 0.15) is 5.82 Å². The second-order valence-corrected chi connectivity index (χ2v) is 9.43. The van der Waals surface area contributed by atoms with Crippen LogP contribution in [-0.4, -0.2) is 31.4 Å². The number of halogens is 5. The van der Waals surface area contributed by atoms with E-state index in [2.05, 4.69) is 4.98 Å². The molecule has 38 heavy (non-hydrogen) atoms. The normalized spacial score (nSPS) is 12.4. The topological polar surface area (TPSA) is 129 Å². The first kappa shape index (κ1) is 29.0. The first-order chi connectivity index (χ1) is 17.8. The summed E-state index contributed by atoms with van der Waals surface area (Å²) >= 11 is 7.02. The van der Waals surface area contributed by atoms with Crippen LogP contribution in [0.3, 0.4) is 0 Å². The molecular weight excluding hydrogens is 556 g/mol. The molecule has 204 valence electrons. The van der Waals surface area contributed by atoms with Crippen LogP contribution in [0, 0.1) is 5.82 Å². The average Bonchev–Trinajstić information content (AvgIpc) is 2.83. The Hall–Kier alpha value is -3.52. The van der Waals surface area contributed by atoms with Crippen molar-refractivity contribution in [3.8, 4) is 11.6 Å². The monoisotopic (exact) mass is 576 g/mol. The van der Waals surface area contributed by atoms with Gasteiger partial charge in [-0.15, -0.1) is 0 Å². The number of alkyl halides is 3. The smallest absolute Gasteiger partial charge is 0.433 e. The Labute approximate surface area is 221 Å². The van der Waals surface area contributed by atoms with E-state index in [1.54, 1.807) is 0 Å². The maximum absolute atomic E-state index is 14.8. The highest BCUT2D eigenvalue weighted by Crippen LogP contribution is 2.39. The van der Waals surface area contributed by atoms with Gasteiger partial charge in [-0.05, 0) is 37.1 Å². The molecule has 9 nitrogen and oxygen atoms in total. The third kappa shape index (κ3) is 6.48. The molecule has 2 aromatic heterocycles. The minimum Gasteiger partial charge on any atom is -0.479 e. The molecule has 1 atom stereocenters. The van der Waals surface area contributed by atoms with Crippen molar-refractivity contribution in [3.63, 3.8) is 0 Å². The minimum absolute atomic E-state index is 0.0562. The van der Waals surface area contributed by atoms with Crippen LogP contribution in [0.2, 0.25) is 5.02 Å². The molecule has 0 bridgehead atoms. The number of ether oxygens (including phenoxy) is 1. The number of hydrogen-bond donors (Lipinski definition) is 2. The quantitative estimate of drug-likeness (QED) is 0.205. The Morgan fingerprint density at radius 3 is 2.58 bits per heavy atom. The average molecular weight is 577 g/mol. The largest absolute Gasteiger partial charge is 0.479 e. The van der Waals surface area contributed by atoms with Crippen molar-refractivity contribution in [2.75, 3.05) is 5.84 Å². The molecule has 0 saturated heterocycles. The SMILES string of the molecule is CCCCCC(Oc1ncccc1Sc1cc(-n2c(=O)cc(C(F)(F)F)n(N)c2=O)c(F)cc1Cl)C(=O)O. The number of aromatic nitrogens is 3. The van der Waals surface area contributed by atoms with Gasteiger partial charge in [0, 0.05) is 17.2 Å². The number of hydrogen-bond acceptors (Lipinski definition) is 7. The van der Waals surface area contributed by atoms with Gasteiger partial charge in [-0.2, -0.15) is 13.2 Å². The Morgan fingerprint density at radius 2 is 1.95 bits per heavy atom. The van der Waals surface area contributed by atoms with Crippen LogP contribution in [0.25, 0.3) is 5.69 Å². The Bertz CT molecular complexity index is 1460. The van der Waals surface area contributed by atoms with E-state index in [0.717, 1.165) is 36.7 Å². The lowest BCUT2D eigenvalue weighted by molar-refractivity contribution is -0.146. The summed E-state index contributed by atoms with van der Waals surface area (Å²) in [5.41, 5.74) is -5.52. The molecule has 15 heteroatoms. The molecule has 0 fully saturated rings. The van der Waals surface area contributed by atoms with Gasteiger partial charge in [0.05, 0.1) is 15.6 Å². The predicted octanol–water partition coefficient (Wildman–Crippen LogP) is 4.48. The van der Waals surface area contributed by atoms with Crippen LogP contribution in [0.4, 0.5) is 17.6 Å². The molecule has 0 aliphatic rings. The fourth-order valence-electron chi connectivity index (χ4n) is 3.37. The van der Waals surface area contributed by atoms with Gasteiger partial charge in [-0.25, -0.2) is 28.2 Å². The van der Waals surface area contributed by atoms with E-state index in [0.29, 0.717) is 6.42 Å². The lowest BCUT2D eigenvalue weighted by Gasteiger charge is -2.17. The number of unbranched alkanes of at least 4 members (excludes halogenated alkanes) is 2. The summed E-state index contributed by atoms with van der Waals surface area (Å²) in [4.78, 5) is 41.0. The minimum atomic E-state index is -5.10. The number of nitrogens with zero attached hydrogens (tertiary/aromatic N) is 3. The van der Waals surface area contributed by atoms with E-state index in [1.165, 1.54) is 18.3 Å². The van der Waals surface area contributed by atoms with E-state index in [1.807, 2.05) is 6.92 Å². The summed E-state index contributed by atoms with van der Waals surface area (Å²) in [7, 11) is 0. The van der Waals surface area contributed by atoms with E-state index in [4.69, 9.17) is 22.2 Å². The lowest BCUT2D eigenvalue weighted by Crippen LogP contribution is -2.45. The summed E-state index contributed by atoms with van der Waals surface area (Å²) in [6.45, 7) is 1.96. The summed E-state index contributed by atoms with van der Waals surface area (Å²) in [5, 5.41) is 9.36. The number of nitrogen functional groups attached to an aromatic ring is 1. The van der Waals surface area contributed by atoms with E-state index >= 15 is 0 Å². The zero-order chi connectivity index (χ0) is 28.2. The first-order valence-corrected chi connectivity index (χ1v) is 12.3. The maximum atomic E-state index is 14.8. The third-order valence-corrected chi connectivity index (χ3v) is 6.74. The standard InChI is InChI=1S/C23H21ClF4N4O5S/c1-2-3-4-6-15(21(34)35)37-20-16(7-5-8-30-20)38-17-10-14(13(25)9-12(17)24)31-19(33)11-18(23(26,27)28)32(29)22(31)36/h5,7-11,15H,2-4,6,29H2,1H3,(H,34,35). The molecule has 0 radical (unpaired) electrons. The molecule has 1 unspecified atom stereocenters.